The average molecular weight is 421 g/mol. The lowest BCUT2D eigenvalue weighted by molar-refractivity contribution is -0.152. The maximum absolute atomic E-state index is 14.6. The number of phenols is 1. The Morgan fingerprint density at radius 1 is 1.31 bits per heavy atom. The number of hydrogen-bond donors (Lipinski definition) is 2. The second kappa shape index (κ2) is 8.12. The molecule has 29 heavy (non-hydrogen) atoms. The zero-order valence-electron chi connectivity index (χ0n) is 16.3. The van der Waals surface area contributed by atoms with Gasteiger partial charge in [0.05, 0.1) is 18.8 Å². The van der Waals surface area contributed by atoms with E-state index in [1.165, 1.54) is 13.2 Å². The molecule has 0 unspecified atom stereocenters. The third kappa shape index (κ3) is 4.76. The Morgan fingerprint density at radius 2 is 2.03 bits per heavy atom. The summed E-state index contributed by atoms with van der Waals surface area (Å²) in [5.41, 5.74) is 0.485. The molecule has 8 heteroatoms. The SMILES string of the molecule is COC(=O)[C@@]1(Cc2cc(-c3ccccc3O)ccc2F)CC[C@H](NS(C)(=O)=O)C1. The third-order valence-corrected chi connectivity index (χ3v) is 6.16. The Balaban J connectivity index is 1.94. The van der Waals surface area contributed by atoms with Crippen LogP contribution in [0.5, 0.6) is 5.75 Å². The molecule has 1 fully saturated rings. The summed E-state index contributed by atoms with van der Waals surface area (Å²) in [6, 6.07) is 10.8. The Kier molecular flexibility index (Phi) is 5.95. The van der Waals surface area contributed by atoms with Gasteiger partial charge in [-0.1, -0.05) is 24.3 Å². The maximum atomic E-state index is 14.6. The van der Waals surface area contributed by atoms with E-state index >= 15 is 0 Å². The van der Waals surface area contributed by atoms with Crippen molar-refractivity contribution in [1.29, 1.82) is 0 Å². The highest BCUT2D eigenvalue weighted by Crippen LogP contribution is 2.43. The van der Waals surface area contributed by atoms with Crippen LogP contribution in [0.15, 0.2) is 42.5 Å². The molecule has 1 aliphatic rings. The number of para-hydroxylation sites is 1. The van der Waals surface area contributed by atoms with Crippen molar-refractivity contribution in [2.45, 2.75) is 31.7 Å². The molecule has 0 radical (unpaired) electrons. The monoisotopic (exact) mass is 421 g/mol. The molecule has 1 aliphatic carbocycles. The van der Waals surface area contributed by atoms with Crippen molar-refractivity contribution in [3.05, 3.63) is 53.8 Å². The number of aromatic hydroxyl groups is 1. The van der Waals surface area contributed by atoms with Crippen LogP contribution in [0.3, 0.4) is 0 Å². The molecule has 2 N–H and O–H groups in total. The van der Waals surface area contributed by atoms with Gasteiger partial charge >= 0.3 is 5.97 Å². The minimum absolute atomic E-state index is 0.0750. The molecular weight excluding hydrogens is 397 g/mol. The van der Waals surface area contributed by atoms with Gasteiger partial charge in [-0.2, -0.15) is 0 Å². The molecular formula is C21H24FNO5S. The van der Waals surface area contributed by atoms with Gasteiger partial charge < -0.3 is 9.84 Å². The molecule has 2 aromatic rings. The van der Waals surface area contributed by atoms with Crippen LogP contribution in [0.4, 0.5) is 4.39 Å². The fraction of sp³-hybridized carbons (Fsp3) is 0.381. The molecule has 0 heterocycles. The first-order valence-electron chi connectivity index (χ1n) is 9.26. The minimum atomic E-state index is -3.42. The Morgan fingerprint density at radius 3 is 2.69 bits per heavy atom. The van der Waals surface area contributed by atoms with E-state index in [9.17, 15) is 22.7 Å². The second-order valence-corrected chi connectivity index (χ2v) is 9.38. The normalized spacial score (nSPS) is 21.8. The fourth-order valence-electron chi connectivity index (χ4n) is 4.12. The van der Waals surface area contributed by atoms with Gasteiger partial charge in [0.15, 0.2) is 0 Å². The smallest absolute Gasteiger partial charge is 0.312 e. The maximum Gasteiger partial charge on any atom is 0.312 e. The van der Waals surface area contributed by atoms with E-state index in [2.05, 4.69) is 4.72 Å². The standard InChI is InChI=1S/C21H24FNO5S/c1-28-20(25)21(10-9-16(13-21)23-29(2,26)27)12-15-11-14(7-8-18(15)22)17-5-3-4-6-19(17)24/h3-8,11,16,23-24H,9-10,12-13H2,1-2H3/t16-,21+/m0/s1. The quantitative estimate of drug-likeness (QED) is 0.700. The highest BCUT2D eigenvalue weighted by Gasteiger charge is 2.47. The summed E-state index contributed by atoms with van der Waals surface area (Å²) in [4.78, 5) is 12.6. The number of rotatable bonds is 6. The first-order chi connectivity index (χ1) is 13.6. The molecule has 3 rings (SSSR count). The lowest BCUT2D eigenvalue weighted by Crippen LogP contribution is -2.37. The highest BCUT2D eigenvalue weighted by molar-refractivity contribution is 7.88. The van der Waals surface area contributed by atoms with E-state index in [1.54, 1.807) is 36.4 Å². The summed E-state index contributed by atoms with van der Waals surface area (Å²) in [6.07, 6.45) is 2.22. The van der Waals surface area contributed by atoms with Crippen LogP contribution in [0.1, 0.15) is 24.8 Å². The van der Waals surface area contributed by atoms with Gasteiger partial charge in [0.25, 0.3) is 0 Å². The zero-order chi connectivity index (χ0) is 21.2. The van der Waals surface area contributed by atoms with E-state index in [4.69, 9.17) is 4.74 Å². The second-order valence-electron chi connectivity index (χ2n) is 7.60. The van der Waals surface area contributed by atoms with Crippen LogP contribution < -0.4 is 4.72 Å². The van der Waals surface area contributed by atoms with Crippen molar-refractivity contribution >= 4 is 16.0 Å². The van der Waals surface area contributed by atoms with E-state index in [0.29, 0.717) is 29.5 Å². The molecule has 6 nitrogen and oxygen atoms in total. The number of hydrogen-bond acceptors (Lipinski definition) is 5. The number of methoxy groups -OCH3 is 1. The summed E-state index contributed by atoms with van der Waals surface area (Å²) in [5, 5.41) is 10.1. The predicted octanol–water partition coefficient (Wildman–Crippen LogP) is 3.00. The van der Waals surface area contributed by atoms with Crippen molar-refractivity contribution in [1.82, 2.24) is 4.72 Å². The molecule has 0 spiro atoms. The average Bonchev–Trinajstić information content (AvgIpc) is 3.05. The summed E-state index contributed by atoms with van der Waals surface area (Å²) in [5.74, 6) is -0.874. The van der Waals surface area contributed by atoms with Gasteiger partial charge in [-0.15, -0.1) is 0 Å². The van der Waals surface area contributed by atoms with Crippen LogP contribution in [0, 0.1) is 11.2 Å². The first kappa shape index (κ1) is 21.3. The van der Waals surface area contributed by atoms with E-state index < -0.39 is 33.3 Å². The van der Waals surface area contributed by atoms with Crippen molar-refractivity contribution < 1.29 is 27.4 Å². The fourth-order valence-corrected chi connectivity index (χ4v) is 4.93. The molecule has 0 aromatic heterocycles. The molecule has 2 aromatic carbocycles. The number of carbonyl (C=O) groups excluding carboxylic acids is 1. The number of carbonyl (C=O) groups is 1. The van der Waals surface area contributed by atoms with E-state index in [-0.39, 0.29) is 18.6 Å². The first-order valence-corrected chi connectivity index (χ1v) is 11.2. The van der Waals surface area contributed by atoms with Crippen LogP contribution in [-0.4, -0.2) is 38.9 Å². The molecule has 2 atom stereocenters. The number of ether oxygens (including phenoxy) is 1. The van der Waals surface area contributed by atoms with Gasteiger partial charge in [0, 0.05) is 11.6 Å². The number of esters is 1. The number of nitrogens with one attached hydrogen (secondary N) is 1. The zero-order valence-corrected chi connectivity index (χ0v) is 17.1. The van der Waals surface area contributed by atoms with E-state index in [0.717, 1.165) is 6.26 Å². The van der Waals surface area contributed by atoms with Crippen molar-refractivity contribution in [3.8, 4) is 16.9 Å². The Bertz CT molecular complexity index is 1020. The summed E-state index contributed by atoms with van der Waals surface area (Å²) >= 11 is 0. The minimum Gasteiger partial charge on any atom is -0.507 e. The number of sulfonamides is 1. The Labute approximate surface area is 169 Å². The van der Waals surface area contributed by atoms with Gasteiger partial charge in [-0.05, 0) is 55.0 Å². The van der Waals surface area contributed by atoms with Crippen molar-refractivity contribution in [2.24, 2.45) is 5.41 Å². The summed E-state index contributed by atoms with van der Waals surface area (Å²) < 4.78 is 45.3. The van der Waals surface area contributed by atoms with Gasteiger partial charge in [0.2, 0.25) is 10.0 Å². The van der Waals surface area contributed by atoms with Crippen molar-refractivity contribution in [2.75, 3.05) is 13.4 Å². The lowest BCUT2D eigenvalue weighted by atomic mass is 9.79. The number of phenolic OH excluding ortho intramolecular Hbond substituents is 1. The molecule has 0 saturated heterocycles. The molecule has 0 bridgehead atoms. The third-order valence-electron chi connectivity index (χ3n) is 5.40. The van der Waals surface area contributed by atoms with Gasteiger partial charge in [-0.25, -0.2) is 17.5 Å². The van der Waals surface area contributed by atoms with Crippen LogP contribution in [0.2, 0.25) is 0 Å². The van der Waals surface area contributed by atoms with Crippen LogP contribution >= 0.6 is 0 Å². The van der Waals surface area contributed by atoms with E-state index in [1.807, 2.05) is 0 Å². The molecule has 1 saturated carbocycles. The summed E-state index contributed by atoms with van der Waals surface area (Å²) in [7, 11) is -2.15. The van der Waals surface area contributed by atoms with Gasteiger partial charge in [-0.3, -0.25) is 4.79 Å². The largest absolute Gasteiger partial charge is 0.507 e. The van der Waals surface area contributed by atoms with Gasteiger partial charge in [0.1, 0.15) is 11.6 Å². The molecule has 156 valence electrons. The summed E-state index contributed by atoms with van der Waals surface area (Å²) in [6.45, 7) is 0. The Hall–Kier alpha value is -2.45. The molecule has 0 aliphatic heterocycles. The highest BCUT2D eigenvalue weighted by atomic mass is 32.2. The predicted molar refractivity (Wildman–Crippen MR) is 107 cm³/mol. The number of halogens is 1. The lowest BCUT2D eigenvalue weighted by Gasteiger charge is -2.27. The van der Waals surface area contributed by atoms with Crippen LogP contribution in [-0.2, 0) is 26.0 Å². The number of benzene rings is 2. The molecule has 0 amide bonds. The topological polar surface area (TPSA) is 92.7 Å². The van der Waals surface area contributed by atoms with Crippen molar-refractivity contribution in [3.63, 3.8) is 0 Å². The van der Waals surface area contributed by atoms with Crippen LogP contribution in [0.25, 0.3) is 11.1 Å².